The van der Waals surface area contributed by atoms with Crippen LogP contribution in [0.15, 0.2) is 29.4 Å². The molecule has 0 saturated carbocycles. The molecule has 0 saturated heterocycles. The molecule has 1 rings (SSSR count). The van der Waals surface area contributed by atoms with Crippen molar-refractivity contribution in [1.82, 2.24) is 0 Å². The number of oxime groups is 1. The second-order valence-electron chi connectivity index (χ2n) is 4.78. The molecule has 0 heterocycles. The Morgan fingerprint density at radius 2 is 1.82 bits per heavy atom. The van der Waals surface area contributed by atoms with Gasteiger partial charge in [-0.2, -0.15) is 0 Å². The minimum atomic E-state index is 0.540. The molecule has 0 aliphatic heterocycles. The number of nitrogens with zero attached hydrogens (tertiary/aromatic N) is 1. The van der Waals surface area contributed by atoms with Gasteiger partial charge in [-0.1, -0.05) is 63.0 Å². The average Bonchev–Trinajstić information content (AvgIpc) is 2.35. The molecular formula is C15H23NO. The van der Waals surface area contributed by atoms with Crippen molar-refractivity contribution in [2.75, 3.05) is 0 Å². The summed E-state index contributed by atoms with van der Waals surface area (Å²) in [5, 5.41) is 12.5. The molecule has 0 fully saturated rings. The number of benzene rings is 1. The van der Waals surface area contributed by atoms with Crippen molar-refractivity contribution in [2.45, 2.75) is 52.4 Å². The van der Waals surface area contributed by atoms with Gasteiger partial charge in [-0.3, -0.25) is 0 Å². The molecule has 1 aromatic carbocycles. The quantitative estimate of drug-likeness (QED) is 0.332. The second kappa shape index (κ2) is 7.10. The summed E-state index contributed by atoms with van der Waals surface area (Å²) in [4.78, 5) is 0. The standard InChI is InChI=1S/C15H23NO/c1-4-5-6-7-15(16-17)14-10-8-13(9-11-14)12(2)3/h8-12,17H,4-7H2,1-3H3. The molecule has 1 aromatic rings. The van der Waals surface area contributed by atoms with E-state index < -0.39 is 0 Å². The van der Waals surface area contributed by atoms with Gasteiger partial charge in [0.15, 0.2) is 0 Å². The van der Waals surface area contributed by atoms with Crippen molar-refractivity contribution in [2.24, 2.45) is 5.16 Å². The van der Waals surface area contributed by atoms with Gasteiger partial charge in [-0.05, 0) is 29.9 Å². The first kappa shape index (κ1) is 13.8. The topological polar surface area (TPSA) is 32.6 Å². The molecule has 1 N–H and O–H groups in total. The lowest BCUT2D eigenvalue weighted by Crippen LogP contribution is -2.01. The molecule has 0 spiro atoms. The largest absolute Gasteiger partial charge is 0.411 e. The van der Waals surface area contributed by atoms with Gasteiger partial charge in [0.1, 0.15) is 0 Å². The van der Waals surface area contributed by atoms with Gasteiger partial charge >= 0.3 is 0 Å². The zero-order valence-electron chi connectivity index (χ0n) is 11.1. The van der Waals surface area contributed by atoms with Crippen molar-refractivity contribution >= 4 is 5.71 Å². The van der Waals surface area contributed by atoms with Gasteiger partial charge in [0, 0.05) is 0 Å². The third-order valence-electron chi connectivity index (χ3n) is 3.05. The van der Waals surface area contributed by atoms with Crippen molar-refractivity contribution in [3.8, 4) is 0 Å². The predicted molar refractivity (Wildman–Crippen MR) is 73.0 cm³/mol. The molecule has 2 heteroatoms. The lowest BCUT2D eigenvalue weighted by molar-refractivity contribution is 0.317. The van der Waals surface area contributed by atoms with Gasteiger partial charge < -0.3 is 5.21 Å². The van der Waals surface area contributed by atoms with Crippen LogP contribution in [-0.2, 0) is 0 Å². The predicted octanol–water partition coefficient (Wildman–Crippen LogP) is 4.57. The normalized spacial score (nSPS) is 12.1. The molecule has 0 bridgehead atoms. The Balaban J connectivity index is 2.69. The minimum Gasteiger partial charge on any atom is -0.411 e. The molecular weight excluding hydrogens is 210 g/mol. The minimum absolute atomic E-state index is 0.540. The molecule has 17 heavy (non-hydrogen) atoms. The maximum Gasteiger partial charge on any atom is 0.0867 e. The van der Waals surface area contributed by atoms with E-state index in [0.717, 1.165) is 24.1 Å². The third kappa shape index (κ3) is 4.22. The number of unbranched alkanes of at least 4 members (excludes halogenated alkanes) is 2. The molecule has 0 unspecified atom stereocenters. The summed E-state index contributed by atoms with van der Waals surface area (Å²) in [5.41, 5.74) is 3.15. The van der Waals surface area contributed by atoms with Crippen LogP contribution in [0, 0.1) is 0 Å². The van der Waals surface area contributed by atoms with E-state index >= 15 is 0 Å². The SMILES string of the molecule is CCCCCC(=NO)c1ccc(C(C)C)cc1. The Morgan fingerprint density at radius 3 is 2.29 bits per heavy atom. The van der Waals surface area contributed by atoms with Gasteiger partial charge in [-0.25, -0.2) is 0 Å². The van der Waals surface area contributed by atoms with Crippen LogP contribution in [0.25, 0.3) is 0 Å². The summed E-state index contributed by atoms with van der Waals surface area (Å²) in [5.74, 6) is 0.540. The molecule has 0 atom stereocenters. The molecule has 94 valence electrons. The summed E-state index contributed by atoms with van der Waals surface area (Å²) in [7, 11) is 0. The number of rotatable bonds is 6. The maximum absolute atomic E-state index is 9.05. The van der Waals surface area contributed by atoms with E-state index in [1.165, 1.54) is 18.4 Å². The van der Waals surface area contributed by atoms with Gasteiger partial charge in [0.25, 0.3) is 0 Å². The Kier molecular flexibility index (Phi) is 5.75. The van der Waals surface area contributed by atoms with Crippen LogP contribution < -0.4 is 0 Å². The van der Waals surface area contributed by atoms with Crippen LogP contribution in [0.1, 0.15) is 63.5 Å². The zero-order chi connectivity index (χ0) is 12.7. The third-order valence-corrected chi connectivity index (χ3v) is 3.05. The van der Waals surface area contributed by atoms with Crippen molar-refractivity contribution in [1.29, 1.82) is 0 Å². The van der Waals surface area contributed by atoms with Crippen molar-refractivity contribution in [3.05, 3.63) is 35.4 Å². The molecule has 0 aliphatic rings. The zero-order valence-corrected chi connectivity index (χ0v) is 11.1. The van der Waals surface area contributed by atoms with Gasteiger partial charge in [0.2, 0.25) is 0 Å². The highest BCUT2D eigenvalue weighted by molar-refractivity contribution is 6.00. The lowest BCUT2D eigenvalue weighted by atomic mass is 9.98. The van der Waals surface area contributed by atoms with E-state index in [1.54, 1.807) is 0 Å². The summed E-state index contributed by atoms with van der Waals surface area (Å²) in [6.45, 7) is 6.53. The fourth-order valence-electron chi connectivity index (χ4n) is 1.85. The highest BCUT2D eigenvalue weighted by Crippen LogP contribution is 2.16. The Labute approximate surface area is 104 Å². The van der Waals surface area contributed by atoms with Crippen LogP contribution in [0.2, 0.25) is 0 Å². The molecule has 0 radical (unpaired) electrons. The maximum atomic E-state index is 9.05. The Hall–Kier alpha value is -1.31. The van der Waals surface area contributed by atoms with Crippen molar-refractivity contribution < 1.29 is 5.21 Å². The molecule has 0 aliphatic carbocycles. The first-order chi connectivity index (χ1) is 8.19. The van der Waals surface area contributed by atoms with E-state index in [2.05, 4.69) is 50.2 Å². The van der Waals surface area contributed by atoms with Gasteiger partial charge in [0.05, 0.1) is 5.71 Å². The monoisotopic (exact) mass is 233 g/mol. The van der Waals surface area contributed by atoms with Gasteiger partial charge in [-0.15, -0.1) is 0 Å². The fourth-order valence-corrected chi connectivity index (χ4v) is 1.85. The first-order valence-electron chi connectivity index (χ1n) is 6.50. The van der Waals surface area contributed by atoms with Crippen LogP contribution >= 0.6 is 0 Å². The first-order valence-corrected chi connectivity index (χ1v) is 6.50. The van der Waals surface area contributed by atoms with E-state index in [0.29, 0.717) is 5.92 Å². The smallest absolute Gasteiger partial charge is 0.0867 e. The van der Waals surface area contributed by atoms with Crippen LogP contribution in [0.4, 0.5) is 0 Å². The lowest BCUT2D eigenvalue weighted by Gasteiger charge is -2.08. The summed E-state index contributed by atoms with van der Waals surface area (Å²) < 4.78 is 0. The van der Waals surface area contributed by atoms with Crippen LogP contribution in [-0.4, -0.2) is 10.9 Å². The van der Waals surface area contributed by atoms with Crippen LogP contribution in [0.5, 0.6) is 0 Å². The average molecular weight is 233 g/mol. The fraction of sp³-hybridized carbons (Fsp3) is 0.533. The van der Waals surface area contributed by atoms with Crippen molar-refractivity contribution in [3.63, 3.8) is 0 Å². The van der Waals surface area contributed by atoms with E-state index in [1.807, 2.05) is 0 Å². The molecule has 0 aromatic heterocycles. The molecule has 2 nitrogen and oxygen atoms in total. The highest BCUT2D eigenvalue weighted by Gasteiger charge is 2.05. The summed E-state index contributed by atoms with van der Waals surface area (Å²) >= 11 is 0. The van der Waals surface area contributed by atoms with E-state index in [-0.39, 0.29) is 0 Å². The van der Waals surface area contributed by atoms with E-state index in [4.69, 9.17) is 5.21 Å². The Morgan fingerprint density at radius 1 is 1.18 bits per heavy atom. The summed E-state index contributed by atoms with van der Waals surface area (Å²) in [6, 6.07) is 8.34. The number of hydrogen-bond donors (Lipinski definition) is 1. The highest BCUT2D eigenvalue weighted by atomic mass is 16.4. The van der Waals surface area contributed by atoms with E-state index in [9.17, 15) is 0 Å². The molecule has 0 amide bonds. The van der Waals surface area contributed by atoms with Crippen LogP contribution in [0.3, 0.4) is 0 Å². The number of hydrogen-bond acceptors (Lipinski definition) is 2. The Bertz CT molecular complexity index is 352. The summed E-state index contributed by atoms with van der Waals surface area (Å²) in [6.07, 6.45) is 4.31. The second-order valence-corrected chi connectivity index (χ2v) is 4.78.